The third-order valence-electron chi connectivity index (χ3n) is 3.67. The van der Waals surface area contributed by atoms with Crippen LogP contribution in [-0.2, 0) is 11.3 Å². The lowest BCUT2D eigenvalue weighted by molar-refractivity contribution is -0.122. The zero-order valence-corrected chi connectivity index (χ0v) is 13.8. The lowest BCUT2D eigenvalue weighted by Gasteiger charge is -2.12. The van der Waals surface area contributed by atoms with Crippen LogP contribution in [0.2, 0.25) is 0 Å². The Morgan fingerprint density at radius 1 is 1.26 bits per heavy atom. The van der Waals surface area contributed by atoms with Crippen LogP contribution in [0.25, 0.3) is 0 Å². The van der Waals surface area contributed by atoms with E-state index in [1.54, 1.807) is 13.0 Å². The van der Waals surface area contributed by atoms with Crippen molar-refractivity contribution in [1.82, 2.24) is 16.0 Å². The number of hydrogen-bond acceptors (Lipinski definition) is 2. The van der Waals surface area contributed by atoms with Gasteiger partial charge in [0.15, 0.2) is 5.96 Å². The summed E-state index contributed by atoms with van der Waals surface area (Å²) in [7, 11) is 0. The van der Waals surface area contributed by atoms with Gasteiger partial charge in [0.2, 0.25) is 5.91 Å². The molecule has 0 aliphatic heterocycles. The van der Waals surface area contributed by atoms with E-state index in [-0.39, 0.29) is 17.6 Å². The molecule has 3 N–H and O–H groups in total. The molecular formula is C17H25FN4O. The van der Waals surface area contributed by atoms with Gasteiger partial charge < -0.3 is 16.0 Å². The molecule has 0 bridgehead atoms. The maximum Gasteiger partial charge on any atom is 0.223 e. The van der Waals surface area contributed by atoms with Gasteiger partial charge >= 0.3 is 0 Å². The largest absolute Gasteiger partial charge is 0.357 e. The lowest BCUT2D eigenvalue weighted by Crippen LogP contribution is -2.41. The quantitative estimate of drug-likeness (QED) is 0.407. The number of halogens is 1. The summed E-state index contributed by atoms with van der Waals surface area (Å²) in [5.74, 6) is 0.824. The number of guanidine groups is 1. The molecule has 0 spiro atoms. The zero-order chi connectivity index (χ0) is 16.7. The van der Waals surface area contributed by atoms with Gasteiger partial charge in [-0.2, -0.15) is 0 Å². The number of aryl methyl sites for hydroxylation is 1. The van der Waals surface area contributed by atoms with Gasteiger partial charge in [-0.1, -0.05) is 12.1 Å². The Bertz CT molecular complexity index is 570. The number of nitrogens with one attached hydrogen (secondary N) is 3. The van der Waals surface area contributed by atoms with Crippen molar-refractivity contribution in [2.75, 3.05) is 19.6 Å². The van der Waals surface area contributed by atoms with Crippen molar-refractivity contribution < 1.29 is 9.18 Å². The number of hydrogen-bond donors (Lipinski definition) is 3. The molecule has 6 heteroatoms. The highest BCUT2D eigenvalue weighted by molar-refractivity contribution is 5.81. The monoisotopic (exact) mass is 320 g/mol. The molecule has 126 valence electrons. The Morgan fingerprint density at radius 3 is 2.65 bits per heavy atom. The Balaban J connectivity index is 1.78. The van der Waals surface area contributed by atoms with E-state index in [1.165, 1.54) is 6.07 Å². The van der Waals surface area contributed by atoms with Gasteiger partial charge in [0, 0.05) is 25.6 Å². The second-order valence-corrected chi connectivity index (χ2v) is 5.77. The number of aliphatic imine (C=N–C) groups is 1. The fraction of sp³-hybridized carbons (Fsp3) is 0.529. The van der Waals surface area contributed by atoms with E-state index >= 15 is 0 Å². The first-order chi connectivity index (χ1) is 11.1. The molecule has 0 unspecified atom stereocenters. The molecule has 1 aromatic rings. The number of carbonyl (C=O) groups is 1. The van der Waals surface area contributed by atoms with Crippen molar-refractivity contribution >= 4 is 11.9 Å². The molecule has 1 aliphatic rings. The number of rotatable bonds is 7. The smallest absolute Gasteiger partial charge is 0.223 e. The van der Waals surface area contributed by atoms with Crippen molar-refractivity contribution in [3.63, 3.8) is 0 Å². The second-order valence-electron chi connectivity index (χ2n) is 5.77. The number of benzene rings is 1. The minimum atomic E-state index is -0.210. The number of carbonyl (C=O) groups excluding carboxylic acids is 1. The van der Waals surface area contributed by atoms with Crippen LogP contribution in [0.3, 0.4) is 0 Å². The number of nitrogens with zero attached hydrogens (tertiary/aromatic N) is 1. The van der Waals surface area contributed by atoms with Crippen molar-refractivity contribution in [3.8, 4) is 0 Å². The summed E-state index contributed by atoms with van der Waals surface area (Å²) in [6, 6.07) is 5.15. The van der Waals surface area contributed by atoms with Crippen molar-refractivity contribution in [2.24, 2.45) is 10.9 Å². The molecule has 1 fully saturated rings. The third kappa shape index (κ3) is 5.88. The Labute approximate surface area is 136 Å². The minimum Gasteiger partial charge on any atom is -0.357 e. The molecule has 5 nitrogen and oxygen atoms in total. The predicted molar refractivity (Wildman–Crippen MR) is 89.7 cm³/mol. The van der Waals surface area contributed by atoms with E-state index in [4.69, 9.17) is 0 Å². The molecule has 1 aromatic carbocycles. The summed E-state index contributed by atoms with van der Waals surface area (Å²) in [5, 5.41) is 9.19. The van der Waals surface area contributed by atoms with Crippen LogP contribution in [0.5, 0.6) is 0 Å². The maximum atomic E-state index is 13.5. The molecule has 0 atom stereocenters. The Hall–Kier alpha value is -2.11. The molecule has 23 heavy (non-hydrogen) atoms. The summed E-state index contributed by atoms with van der Waals surface area (Å²) in [6.07, 6.45) is 2.02. The van der Waals surface area contributed by atoms with E-state index in [9.17, 15) is 9.18 Å². The fourth-order valence-corrected chi connectivity index (χ4v) is 2.10. The van der Waals surface area contributed by atoms with Crippen LogP contribution in [-0.4, -0.2) is 31.5 Å². The lowest BCUT2D eigenvalue weighted by atomic mass is 10.1. The van der Waals surface area contributed by atoms with E-state index in [2.05, 4.69) is 20.9 Å². The molecule has 1 amide bonds. The first-order valence-electron chi connectivity index (χ1n) is 8.15. The van der Waals surface area contributed by atoms with Crippen molar-refractivity contribution in [2.45, 2.75) is 33.2 Å². The number of amides is 1. The van der Waals surface area contributed by atoms with Gasteiger partial charge in [-0.05, 0) is 43.9 Å². The highest BCUT2D eigenvalue weighted by Crippen LogP contribution is 2.28. The average Bonchev–Trinajstić information content (AvgIpc) is 3.37. The highest BCUT2D eigenvalue weighted by Gasteiger charge is 2.28. The SMILES string of the molecule is CCNC(=NCc1ccc(C)c(F)c1)NCCNC(=O)C1CC1. The predicted octanol–water partition coefficient (Wildman–Crippen LogP) is 1.72. The van der Waals surface area contributed by atoms with Crippen LogP contribution in [0.4, 0.5) is 4.39 Å². The third-order valence-corrected chi connectivity index (χ3v) is 3.67. The summed E-state index contributed by atoms with van der Waals surface area (Å²) < 4.78 is 13.5. The molecule has 0 saturated heterocycles. The van der Waals surface area contributed by atoms with Gasteiger partial charge in [-0.15, -0.1) is 0 Å². The Morgan fingerprint density at radius 2 is 2.00 bits per heavy atom. The minimum absolute atomic E-state index is 0.142. The molecule has 0 aromatic heterocycles. The zero-order valence-electron chi connectivity index (χ0n) is 13.8. The molecular weight excluding hydrogens is 295 g/mol. The van der Waals surface area contributed by atoms with Gasteiger partial charge in [-0.25, -0.2) is 9.38 Å². The van der Waals surface area contributed by atoms with E-state index in [1.807, 2.05) is 13.0 Å². The highest BCUT2D eigenvalue weighted by atomic mass is 19.1. The molecule has 1 aliphatic carbocycles. The van der Waals surface area contributed by atoms with Gasteiger partial charge in [-0.3, -0.25) is 4.79 Å². The molecule has 1 saturated carbocycles. The Kier molecular flexibility index (Phi) is 6.38. The fourth-order valence-electron chi connectivity index (χ4n) is 2.10. The van der Waals surface area contributed by atoms with Crippen molar-refractivity contribution in [3.05, 3.63) is 35.1 Å². The van der Waals surface area contributed by atoms with Crippen LogP contribution in [0, 0.1) is 18.7 Å². The van der Waals surface area contributed by atoms with E-state index < -0.39 is 0 Å². The normalized spacial score (nSPS) is 14.5. The standard InChI is InChI=1S/C17H25FN4O/c1-3-19-17(21-9-8-20-16(23)14-6-7-14)22-11-13-5-4-12(2)15(18)10-13/h4-5,10,14H,3,6-9,11H2,1-2H3,(H,20,23)(H2,19,21,22). The van der Waals surface area contributed by atoms with Crippen LogP contribution in [0.15, 0.2) is 23.2 Å². The second kappa shape index (κ2) is 8.50. The van der Waals surface area contributed by atoms with Gasteiger partial charge in [0.05, 0.1) is 6.54 Å². The summed E-state index contributed by atoms with van der Waals surface area (Å²) in [4.78, 5) is 16.0. The molecule has 0 radical (unpaired) electrons. The molecule has 2 rings (SSSR count). The van der Waals surface area contributed by atoms with Gasteiger partial charge in [0.1, 0.15) is 5.82 Å². The average molecular weight is 320 g/mol. The topological polar surface area (TPSA) is 65.5 Å². The van der Waals surface area contributed by atoms with Crippen LogP contribution < -0.4 is 16.0 Å². The summed E-state index contributed by atoms with van der Waals surface area (Å²) in [6.45, 7) is 6.04. The van der Waals surface area contributed by atoms with Crippen molar-refractivity contribution in [1.29, 1.82) is 0 Å². The van der Waals surface area contributed by atoms with Crippen LogP contribution in [0.1, 0.15) is 30.9 Å². The van der Waals surface area contributed by atoms with E-state index in [0.717, 1.165) is 24.9 Å². The van der Waals surface area contributed by atoms with E-state index in [0.29, 0.717) is 31.2 Å². The van der Waals surface area contributed by atoms with Gasteiger partial charge in [0.25, 0.3) is 0 Å². The molecule has 0 heterocycles. The summed E-state index contributed by atoms with van der Waals surface area (Å²) >= 11 is 0. The maximum absolute atomic E-state index is 13.5. The summed E-state index contributed by atoms with van der Waals surface area (Å²) in [5.41, 5.74) is 1.46. The first kappa shape index (κ1) is 17.2. The van der Waals surface area contributed by atoms with Crippen LogP contribution >= 0.6 is 0 Å². The first-order valence-corrected chi connectivity index (χ1v) is 8.15.